The number of rotatable bonds is 4. The van der Waals surface area contributed by atoms with Crippen molar-refractivity contribution >= 4 is 11.8 Å². The zero-order valence-corrected chi connectivity index (χ0v) is 18.0. The highest BCUT2D eigenvalue weighted by molar-refractivity contribution is 6.01. The van der Waals surface area contributed by atoms with Crippen molar-refractivity contribution in [1.29, 1.82) is 0 Å². The minimum absolute atomic E-state index is 0.00566. The van der Waals surface area contributed by atoms with Gasteiger partial charge in [-0.05, 0) is 72.8 Å². The molecule has 1 unspecified atom stereocenters. The molecule has 6 nitrogen and oxygen atoms in total. The van der Waals surface area contributed by atoms with Gasteiger partial charge in [0.25, 0.3) is 0 Å². The summed E-state index contributed by atoms with van der Waals surface area (Å²) in [6.45, 7) is 6.03. The number of carbonyl (C=O) groups excluding carboxylic acids is 2. The van der Waals surface area contributed by atoms with Gasteiger partial charge in [-0.2, -0.15) is 0 Å². The fourth-order valence-corrected chi connectivity index (χ4v) is 7.66. The molecule has 0 amide bonds. The summed E-state index contributed by atoms with van der Waals surface area (Å²) in [5.41, 5.74) is 0.102. The first-order valence-corrected chi connectivity index (χ1v) is 11.2. The second-order valence-corrected chi connectivity index (χ2v) is 10.6. The van der Waals surface area contributed by atoms with Crippen LogP contribution in [0.15, 0.2) is 23.8 Å². The van der Waals surface area contributed by atoms with Gasteiger partial charge in [-0.25, -0.2) is 0 Å². The van der Waals surface area contributed by atoms with Crippen molar-refractivity contribution in [3.05, 3.63) is 23.8 Å². The lowest BCUT2D eigenvalue weighted by Gasteiger charge is -2.60. The van der Waals surface area contributed by atoms with Crippen LogP contribution >= 0.6 is 0 Å². The van der Waals surface area contributed by atoms with E-state index in [-0.39, 0.29) is 40.8 Å². The quantitative estimate of drug-likeness (QED) is 0.628. The van der Waals surface area contributed by atoms with Crippen LogP contribution in [-0.2, 0) is 9.59 Å². The number of aliphatic hydroxyl groups excluding tert-OH is 3. The van der Waals surface area contributed by atoms with E-state index in [4.69, 9.17) is 0 Å². The highest BCUT2D eigenvalue weighted by atomic mass is 16.4. The first kappa shape index (κ1) is 21.7. The molecule has 166 valence electrons. The van der Waals surface area contributed by atoms with Crippen molar-refractivity contribution in [2.24, 2.45) is 40.4 Å². The second-order valence-electron chi connectivity index (χ2n) is 10.6. The third-order valence-corrected chi connectivity index (χ3v) is 9.37. The van der Waals surface area contributed by atoms with Gasteiger partial charge in [0.1, 0.15) is 0 Å². The molecule has 4 aliphatic carbocycles. The van der Waals surface area contributed by atoms with Gasteiger partial charge in [0, 0.05) is 17.8 Å². The molecule has 0 spiro atoms. The van der Waals surface area contributed by atoms with Gasteiger partial charge in [-0.3, -0.25) is 4.79 Å². The van der Waals surface area contributed by atoms with Gasteiger partial charge >= 0.3 is 0 Å². The van der Waals surface area contributed by atoms with Crippen LogP contribution in [0.25, 0.3) is 0 Å². The van der Waals surface area contributed by atoms with E-state index in [1.54, 1.807) is 12.2 Å². The molecule has 3 saturated carbocycles. The van der Waals surface area contributed by atoms with Crippen molar-refractivity contribution in [2.45, 2.75) is 71.2 Å². The van der Waals surface area contributed by atoms with Crippen LogP contribution in [0, 0.1) is 40.4 Å². The Hall–Kier alpha value is -1.50. The summed E-state index contributed by atoms with van der Waals surface area (Å²) in [5, 5.41) is 44.0. The predicted molar refractivity (Wildman–Crippen MR) is 108 cm³/mol. The van der Waals surface area contributed by atoms with Gasteiger partial charge in [0.15, 0.2) is 5.78 Å². The van der Waals surface area contributed by atoms with E-state index < -0.39 is 36.1 Å². The summed E-state index contributed by atoms with van der Waals surface area (Å²) in [5.74, 6) is -1.54. The minimum Gasteiger partial charge on any atom is -0.550 e. The molecule has 0 radical (unpaired) electrons. The molecule has 0 heterocycles. The predicted octanol–water partition coefficient (Wildman–Crippen LogP) is 0.989. The summed E-state index contributed by atoms with van der Waals surface area (Å²) >= 11 is 0. The van der Waals surface area contributed by atoms with Crippen LogP contribution in [0.5, 0.6) is 0 Å². The van der Waals surface area contributed by atoms with Crippen molar-refractivity contribution < 1.29 is 30.0 Å². The molecular weight excluding hydrogens is 384 g/mol. The Morgan fingerprint density at radius 3 is 2.63 bits per heavy atom. The molecule has 0 bridgehead atoms. The van der Waals surface area contributed by atoms with E-state index in [9.17, 15) is 30.0 Å². The van der Waals surface area contributed by atoms with Crippen LogP contribution in [0.1, 0.15) is 52.9 Å². The smallest absolute Gasteiger partial charge is 0.178 e. The number of aliphatic hydroxyl groups is 3. The number of aliphatic carboxylic acids is 1. The number of fused-ring (bicyclic) bond motifs is 5. The zero-order chi connectivity index (χ0) is 22.0. The molecule has 4 rings (SSSR count). The number of hydrogen-bond acceptors (Lipinski definition) is 6. The number of carboxylic acids is 1. The summed E-state index contributed by atoms with van der Waals surface area (Å²) in [4.78, 5) is 22.9. The lowest BCUT2D eigenvalue weighted by atomic mass is 9.45. The van der Waals surface area contributed by atoms with Gasteiger partial charge in [0.05, 0.1) is 18.3 Å². The Kier molecular flexibility index (Phi) is 5.27. The summed E-state index contributed by atoms with van der Waals surface area (Å²) < 4.78 is 0. The maximum absolute atomic E-state index is 11.9. The average molecular weight is 418 g/mol. The number of carboxylic acid groups (broad SMARTS) is 1. The molecular formula is C24H33O6-. The fourth-order valence-electron chi connectivity index (χ4n) is 7.66. The van der Waals surface area contributed by atoms with Crippen LogP contribution < -0.4 is 5.11 Å². The van der Waals surface area contributed by atoms with E-state index in [1.807, 2.05) is 13.0 Å². The maximum atomic E-state index is 11.9. The van der Waals surface area contributed by atoms with Crippen LogP contribution in [0.2, 0.25) is 0 Å². The molecule has 0 aromatic carbocycles. The van der Waals surface area contributed by atoms with Gasteiger partial charge in [-0.1, -0.05) is 32.4 Å². The van der Waals surface area contributed by atoms with Gasteiger partial charge in [-0.15, -0.1) is 0 Å². The summed E-state index contributed by atoms with van der Waals surface area (Å²) in [6.07, 6.45) is 5.18. The number of ketones is 1. The van der Waals surface area contributed by atoms with E-state index in [0.717, 1.165) is 18.4 Å². The third kappa shape index (κ3) is 3.02. The number of carbonyl (C=O) groups is 2. The number of hydrogen-bond donors (Lipinski definition) is 3. The number of allylic oxidation sites excluding steroid dienone is 3. The largest absolute Gasteiger partial charge is 0.550 e. The monoisotopic (exact) mass is 417 g/mol. The van der Waals surface area contributed by atoms with Crippen molar-refractivity contribution in [3.8, 4) is 0 Å². The van der Waals surface area contributed by atoms with Gasteiger partial charge < -0.3 is 25.2 Å². The van der Waals surface area contributed by atoms with E-state index in [2.05, 4.69) is 13.8 Å². The normalized spacial score (nSPS) is 47.0. The van der Waals surface area contributed by atoms with Crippen molar-refractivity contribution in [1.82, 2.24) is 0 Å². The minimum atomic E-state index is -1.27. The second kappa shape index (κ2) is 7.28. The highest BCUT2D eigenvalue weighted by Crippen LogP contribution is 2.67. The average Bonchev–Trinajstić information content (AvgIpc) is 3.01. The Bertz CT molecular complexity index is 802. The fraction of sp³-hybridized carbons (Fsp3) is 0.750. The highest BCUT2D eigenvalue weighted by Gasteiger charge is 2.64. The molecule has 0 saturated heterocycles. The molecule has 0 aliphatic heterocycles. The molecule has 10 atom stereocenters. The van der Waals surface area contributed by atoms with Crippen molar-refractivity contribution in [2.75, 3.05) is 0 Å². The van der Waals surface area contributed by atoms with Gasteiger partial charge in [0.2, 0.25) is 0 Å². The Balaban J connectivity index is 1.67. The first-order valence-electron chi connectivity index (χ1n) is 11.2. The third-order valence-electron chi connectivity index (χ3n) is 9.37. The lowest BCUT2D eigenvalue weighted by molar-refractivity contribution is -0.308. The Morgan fingerprint density at radius 1 is 1.27 bits per heavy atom. The van der Waals surface area contributed by atoms with Crippen LogP contribution in [-0.4, -0.2) is 45.4 Å². The van der Waals surface area contributed by atoms with Crippen molar-refractivity contribution in [3.63, 3.8) is 0 Å². The zero-order valence-electron chi connectivity index (χ0n) is 18.0. The molecule has 3 fully saturated rings. The van der Waals surface area contributed by atoms with E-state index in [0.29, 0.717) is 12.8 Å². The molecule has 3 N–H and O–H groups in total. The first-order chi connectivity index (χ1) is 14.0. The topological polar surface area (TPSA) is 118 Å². The lowest BCUT2D eigenvalue weighted by Crippen LogP contribution is -2.60. The molecule has 30 heavy (non-hydrogen) atoms. The Labute approximate surface area is 177 Å². The molecule has 0 aromatic heterocycles. The van der Waals surface area contributed by atoms with E-state index >= 15 is 0 Å². The van der Waals surface area contributed by atoms with Crippen LogP contribution in [0.4, 0.5) is 0 Å². The van der Waals surface area contributed by atoms with E-state index in [1.165, 1.54) is 0 Å². The summed E-state index contributed by atoms with van der Waals surface area (Å²) in [6, 6.07) is 0. The molecule has 0 aromatic rings. The molecule has 6 heteroatoms. The standard InChI is InChI=1S/C24H34O6/c1-12(18(26)11-21(29)30)15-4-5-16-22-17(10-20(28)24(15,16)3)23(2)7-6-14(25)8-13(23)9-19(22)27/h6-8,12,15-20,22,26-28H,4-5,9-11H2,1-3H3,(H,29,30)/p-1/t12-,15+,16-,17-,18?,19+,20-,22-,23-,24+/m0/s1. The molecule has 4 aliphatic rings. The SMILES string of the molecule is C[C@H](C(O)CC(=O)[O-])[C@H]1CC[C@H]2[C@@H]3[C@H](O)CC4=CC(=O)C=C[C@]4(C)[C@H]3C[C@H](O)[C@]12C. The van der Waals surface area contributed by atoms with Crippen LogP contribution in [0.3, 0.4) is 0 Å². The maximum Gasteiger partial charge on any atom is 0.178 e. The summed E-state index contributed by atoms with van der Waals surface area (Å²) in [7, 11) is 0. The Morgan fingerprint density at radius 2 is 1.97 bits per heavy atom.